The van der Waals surface area contributed by atoms with Gasteiger partial charge in [-0.15, -0.1) is 0 Å². The molecular formula is C26H31N3O3S. The number of methoxy groups -OCH3 is 1. The van der Waals surface area contributed by atoms with Gasteiger partial charge in [0.05, 0.1) is 12.0 Å². The second-order valence-electron chi connectivity index (χ2n) is 8.17. The highest BCUT2D eigenvalue weighted by atomic mass is 32.2. The lowest BCUT2D eigenvalue weighted by molar-refractivity contribution is 0.255. The molecule has 1 aliphatic rings. The van der Waals surface area contributed by atoms with Crippen molar-refractivity contribution in [3.63, 3.8) is 0 Å². The SMILES string of the molecule is COc1ccc(N2CCN(CCCNS(=O)(=O)c3ccc(-c4ccccc4)cc3)CC2)cc1. The molecule has 7 heteroatoms. The Morgan fingerprint density at radius 3 is 2.09 bits per heavy atom. The van der Waals surface area contributed by atoms with Crippen LogP contribution >= 0.6 is 0 Å². The van der Waals surface area contributed by atoms with Gasteiger partial charge in [-0.3, -0.25) is 4.90 Å². The van der Waals surface area contributed by atoms with Crippen molar-refractivity contribution in [1.29, 1.82) is 0 Å². The first-order chi connectivity index (χ1) is 16.0. The second-order valence-corrected chi connectivity index (χ2v) is 9.94. The maximum absolute atomic E-state index is 12.6. The minimum Gasteiger partial charge on any atom is -0.497 e. The normalized spacial score (nSPS) is 14.9. The van der Waals surface area contributed by atoms with E-state index in [0.29, 0.717) is 11.4 Å². The van der Waals surface area contributed by atoms with Gasteiger partial charge in [0, 0.05) is 38.4 Å². The molecule has 3 aromatic rings. The van der Waals surface area contributed by atoms with Gasteiger partial charge in [-0.05, 0) is 60.5 Å². The van der Waals surface area contributed by atoms with E-state index < -0.39 is 10.0 Å². The average Bonchev–Trinajstić information content (AvgIpc) is 2.88. The summed E-state index contributed by atoms with van der Waals surface area (Å²) in [6.45, 7) is 5.18. The van der Waals surface area contributed by atoms with E-state index in [2.05, 4.69) is 26.7 Å². The van der Waals surface area contributed by atoms with Gasteiger partial charge in [0.2, 0.25) is 10.0 Å². The van der Waals surface area contributed by atoms with Gasteiger partial charge >= 0.3 is 0 Å². The molecule has 6 nitrogen and oxygen atoms in total. The molecule has 4 rings (SSSR count). The number of nitrogens with one attached hydrogen (secondary N) is 1. The third kappa shape index (κ3) is 6.13. The van der Waals surface area contributed by atoms with Crippen molar-refractivity contribution in [3.8, 4) is 16.9 Å². The van der Waals surface area contributed by atoms with E-state index in [1.54, 1.807) is 19.2 Å². The summed E-state index contributed by atoms with van der Waals surface area (Å²) >= 11 is 0. The fraction of sp³-hybridized carbons (Fsp3) is 0.308. The third-order valence-electron chi connectivity index (χ3n) is 6.02. The van der Waals surface area contributed by atoms with Crippen LogP contribution in [0.5, 0.6) is 5.75 Å². The summed E-state index contributed by atoms with van der Waals surface area (Å²) in [5.41, 5.74) is 3.28. The quantitative estimate of drug-likeness (QED) is 0.487. The zero-order valence-corrected chi connectivity index (χ0v) is 19.8. The fourth-order valence-electron chi connectivity index (χ4n) is 4.07. The Labute approximate surface area is 196 Å². The van der Waals surface area contributed by atoms with E-state index in [9.17, 15) is 8.42 Å². The summed E-state index contributed by atoms with van der Waals surface area (Å²) in [6.07, 6.45) is 0.782. The lowest BCUT2D eigenvalue weighted by Gasteiger charge is -2.36. The Bertz CT molecular complexity index is 1110. The topological polar surface area (TPSA) is 61.9 Å². The molecule has 0 atom stereocenters. The summed E-state index contributed by atoms with van der Waals surface area (Å²) in [5, 5.41) is 0. The molecule has 0 unspecified atom stereocenters. The first-order valence-electron chi connectivity index (χ1n) is 11.3. The average molecular weight is 466 g/mol. The number of benzene rings is 3. The number of sulfonamides is 1. The van der Waals surface area contributed by atoms with Crippen LogP contribution in [0.2, 0.25) is 0 Å². The van der Waals surface area contributed by atoms with E-state index >= 15 is 0 Å². The largest absolute Gasteiger partial charge is 0.497 e. The molecule has 1 aliphatic heterocycles. The third-order valence-corrected chi connectivity index (χ3v) is 7.50. The lowest BCUT2D eigenvalue weighted by Crippen LogP contribution is -2.47. The maximum atomic E-state index is 12.6. The summed E-state index contributed by atoms with van der Waals surface area (Å²) in [7, 11) is -1.82. The molecule has 3 aromatic carbocycles. The standard InChI is InChI=1S/C26H31N3O3S/c1-32-25-12-10-24(11-13-25)29-20-18-28(19-21-29)17-5-16-27-33(30,31)26-14-8-23(9-15-26)22-6-3-2-4-7-22/h2-4,6-15,27H,5,16-21H2,1H3. The van der Waals surface area contributed by atoms with E-state index in [1.165, 1.54) is 5.69 Å². The van der Waals surface area contributed by atoms with Crippen LogP contribution in [0.25, 0.3) is 11.1 Å². The molecular weight excluding hydrogens is 434 g/mol. The smallest absolute Gasteiger partial charge is 0.240 e. The first kappa shape index (κ1) is 23.3. The molecule has 1 saturated heterocycles. The molecule has 0 saturated carbocycles. The monoisotopic (exact) mass is 465 g/mol. The van der Waals surface area contributed by atoms with Crippen LogP contribution < -0.4 is 14.4 Å². The van der Waals surface area contributed by atoms with Gasteiger partial charge < -0.3 is 9.64 Å². The highest BCUT2D eigenvalue weighted by molar-refractivity contribution is 7.89. The Morgan fingerprint density at radius 1 is 0.818 bits per heavy atom. The lowest BCUT2D eigenvalue weighted by atomic mass is 10.1. The minimum absolute atomic E-state index is 0.301. The van der Waals surface area contributed by atoms with Crippen LogP contribution in [0.4, 0.5) is 5.69 Å². The number of rotatable bonds is 9. The predicted octanol–water partition coefficient (Wildman–Crippen LogP) is 3.85. The van der Waals surface area contributed by atoms with E-state index in [-0.39, 0.29) is 0 Å². The van der Waals surface area contributed by atoms with Crippen molar-refractivity contribution >= 4 is 15.7 Å². The molecule has 0 aromatic heterocycles. The van der Waals surface area contributed by atoms with Crippen LogP contribution in [0.15, 0.2) is 83.8 Å². The molecule has 0 spiro atoms. The zero-order valence-electron chi connectivity index (χ0n) is 19.0. The van der Waals surface area contributed by atoms with Crippen LogP contribution in [-0.4, -0.2) is 59.7 Å². The van der Waals surface area contributed by atoms with Gasteiger partial charge in [0.1, 0.15) is 5.75 Å². The minimum atomic E-state index is -3.50. The molecule has 174 valence electrons. The molecule has 1 heterocycles. The highest BCUT2D eigenvalue weighted by Crippen LogP contribution is 2.22. The van der Waals surface area contributed by atoms with Crippen molar-refractivity contribution in [3.05, 3.63) is 78.9 Å². The van der Waals surface area contributed by atoms with E-state index in [4.69, 9.17) is 4.74 Å². The molecule has 1 N–H and O–H groups in total. The van der Waals surface area contributed by atoms with Crippen LogP contribution in [0.3, 0.4) is 0 Å². The van der Waals surface area contributed by atoms with Gasteiger partial charge in [-0.25, -0.2) is 13.1 Å². The highest BCUT2D eigenvalue weighted by Gasteiger charge is 2.18. The Kier molecular flexibility index (Phi) is 7.65. The zero-order chi connectivity index (χ0) is 23.1. The molecule has 0 bridgehead atoms. The van der Waals surface area contributed by atoms with Crippen molar-refractivity contribution in [2.24, 2.45) is 0 Å². The summed E-state index contributed by atoms with van der Waals surface area (Å²) in [6, 6.07) is 25.1. The van der Waals surface area contributed by atoms with Crippen molar-refractivity contribution in [2.45, 2.75) is 11.3 Å². The molecule has 0 radical (unpaired) electrons. The predicted molar refractivity (Wildman–Crippen MR) is 133 cm³/mol. The second kappa shape index (κ2) is 10.8. The van der Waals surface area contributed by atoms with E-state index in [0.717, 1.165) is 56.0 Å². The first-order valence-corrected chi connectivity index (χ1v) is 12.8. The van der Waals surface area contributed by atoms with Crippen molar-refractivity contribution in [1.82, 2.24) is 9.62 Å². The Balaban J connectivity index is 1.20. The van der Waals surface area contributed by atoms with Crippen LogP contribution in [-0.2, 0) is 10.0 Å². The van der Waals surface area contributed by atoms with Gasteiger partial charge in [-0.1, -0.05) is 42.5 Å². The Hall–Kier alpha value is -2.87. The van der Waals surface area contributed by atoms with Gasteiger partial charge in [-0.2, -0.15) is 0 Å². The number of ether oxygens (including phenoxy) is 1. The fourth-order valence-corrected chi connectivity index (χ4v) is 5.15. The Morgan fingerprint density at radius 2 is 1.45 bits per heavy atom. The molecule has 0 aliphatic carbocycles. The molecule has 0 amide bonds. The molecule has 1 fully saturated rings. The van der Waals surface area contributed by atoms with Crippen LogP contribution in [0, 0.1) is 0 Å². The van der Waals surface area contributed by atoms with Gasteiger partial charge in [0.15, 0.2) is 0 Å². The number of hydrogen-bond acceptors (Lipinski definition) is 5. The summed E-state index contributed by atoms with van der Waals surface area (Å²) in [4.78, 5) is 5.07. The number of piperazine rings is 1. The number of nitrogens with zero attached hydrogens (tertiary/aromatic N) is 2. The van der Waals surface area contributed by atoms with Crippen LogP contribution in [0.1, 0.15) is 6.42 Å². The van der Waals surface area contributed by atoms with Gasteiger partial charge in [0.25, 0.3) is 0 Å². The van der Waals surface area contributed by atoms with Crippen molar-refractivity contribution < 1.29 is 13.2 Å². The maximum Gasteiger partial charge on any atom is 0.240 e. The summed E-state index contributed by atoms with van der Waals surface area (Å²) in [5.74, 6) is 0.868. The number of hydrogen-bond donors (Lipinski definition) is 1. The van der Waals surface area contributed by atoms with E-state index in [1.807, 2.05) is 54.6 Å². The number of anilines is 1. The molecule has 33 heavy (non-hydrogen) atoms. The van der Waals surface area contributed by atoms with Crippen molar-refractivity contribution in [2.75, 3.05) is 51.3 Å². The summed E-state index contributed by atoms with van der Waals surface area (Å²) < 4.78 is 33.2.